The number of hydrogen-bond acceptors (Lipinski definition) is 2. The van der Waals surface area contributed by atoms with Crippen LogP contribution in [0.4, 0.5) is 0 Å². The molecule has 0 aromatic heterocycles. The minimum Gasteiger partial charge on any atom is -0.381 e. The third-order valence-corrected chi connectivity index (χ3v) is 4.48. The molecule has 0 radical (unpaired) electrons. The number of benzene rings is 1. The molecule has 1 N–H and O–H groups in total. The molecule has 2 rings (SSSR count). The molecule has 20 heavy (non-hydrogen) atoms. The van der Waals surface area contributed by atoms with Crippen molar-refractivity contribution in [1.82, 2.24) is 5.32 Å². The summed E-state index contributed by atoms with van der Waals surface area (Å²) in [6.45, 7) is 8.33. The Hall–Kier alpha value is -0.570. The van der Waals surface area contributed by atoms with Crippen LogP contribution in [0.15, 0.2) is 24.3 Å². The summed E-state index contributed by atoms with van der Waals surface area (Å²) >= 11 is 6.18. The van der Waals surface area contributed by atoms with Crippen molar-refractivity contribution in [2.24, 2.45) is 5.92 Å². The lowest BCUT2D eigenvalue weighted by atomic mass is 9.74. The first-order valence-corrected chi connectivity index (χ1v) is 8.05. The second kappa shape index (κ2) is 7.44. The van der Waals surface area contributed by atoms with E-state index >= 15 is 0 Å². The summed E-state index contributed by atoms with van der Waals surface area (Å²) in [6, 6.07) is 8.34. The molecule has 1 saturated heterocycles. The Labute approximate surface area is 127 Å². The summed E-state index contributed by atoms with van der Waals surface area (Å²) in [7, 11) is 0. The molecule has 1 aromatic rings. The van der Waals surface area contributed by atoms with Crippen molar-refractivity contribution >= 4 is 11.6 Å². The van der Waals surface area contributed by atoms with Crippen molar-refractivity contribution in [1.29, 1.82) is 0 Å². The van der Waals surface area contributed by atoms with Gasteiger partial charge in [0.2, 0.25) is 0 Å². The molecular weight excluding hydrogens is 270 g/mol. The summed E-state index contributed by atoms with van der Waals surface area (Å²) in [5.74, 6) is 0.749. The molecule has 112 valence electrons. The highest BCUT2D eigenvalue weighted by atomic mass is 35.5. The van der Waals surface area contributed by atoms with E-state index in [9.17, 15) is 0 Å². The van der Waals surface area contributed by atoms with Crippen LogP contribution < -0.4 is 5.32 Å². The van der Waals surface area contributed by atoms with E-state index in [4.69, 9.17) is 16.3 Å². The van der Waals surface area contributed by atoms with Gasteiger partial charge in [-0.3, -0.25) is 0 Å². The smallest absolute Gasteiger partial charge is 0.0475 e. The molecule has 0 unspecified atom stereocenters. The molecular formula is C17H26ClNO. The van der Waals surface area contributed by atoms with Crippen LogP contribution in [0.3, 0.4) is 0 Å². The zero-order valence-corrected chi connectivity index (χ0v) is 13.4. The van der Waals surface area contributed by atoms with Crippen LogP contribution in [0.2, 0.25) is 5.02 Å². The third kappa shape index (κ3) is 4.21. The lowest BCUT2D eigenvalue weighted by Crippen LogP contribution is -2.43. The third-order valence-electron chi connectivity index (χ3n) is 4.25. The molecule has 0 aliphatic carbocycles. The van der Waals surface area contributed by atoms with Gasteiger partial charge in [0.1, 0.15) is 0 Å². The fraction of sp³-hybridized carbons (Fsp3) is 0.647. The largest absolute Gasteiger partial charge is 0.381 e. The molecule has 3 heteroatoms. The number of halogens is 1. The molecule has 1 heterocycles. The normalized spacial score (nSPS) is 18.4. The van der Waals surface area contributed by atoms with Gasteiger partial charge in [0.05, 0.1) is 0 Å². The van der Waals surface area contributed by atoms with Crippen LogP contribution in [0.5, 0.6) is 0 Å². The first-order valence-electron chi connectivity index (χ1n) is 7.67. The van der Waals surface area contributed by atoms with Crippen LogP contribution in [-0.4, -0.2) is 26.3 Å². The Bertz CT molecular complexity index is 413. The van der Waals surface area contributed by atoms with Crippen molar-refractivity contribution < 1.29 is 4.74 Å². The van der Waals surface area contributed by atoms with Gasteiger partial charge < -0.3 is 10.1 Å². The summed E-state index contributed by atoms with van der Waals surface area (Å²) in [4.78, 5) is 0. The second-order valence-electron chi connectivity index (χ2n) is 6.26. The van der Waals surface area contributed by atoms with Crippen LogP contribution in [0, 0.1) is 5.92 Å². The molecule has 1 aliphatic rings. The summed E-state index contributed by atoms with van der Waals surface area (Å²) < 4.78 is 5.56. The molecule has 0 bridgehead atoms. The molecule has 0 amide bonds. The molecule has 1 aliphatic heterocycles. The van der Waals surface area contributed by atoms with E-state index in [0.717, 1.165) is 50.1 Å². The van der Waals surface area contributed by atoms with E-state index in [1.807, 2.05) is 6.07 Å². The van der Waals surface area contributed by atoms with Gasteiger partial charge in [-0.15, -0.1) is 0 Å². The molecule has 1 aromatic carbocycles. The number of rotatable bonds is 6. The van der Waals surface area contributed by atoms with Crippen LogP contribution in [-0.2, 0) is 10.2 Å². The van der Waals surface area contributed by atoms with Crippen molar-refractivity contribution in [3.05, 3.63) is 34.9 Å². The highest BCUT2D eigenvalue weighted by Gasteiger charge is 2.34. The monoisotopic (exact) mass is 295 g/mol. The molecule has 0 saturated carbocycles. The summed E-state index contributed by atoms with van der Waals surface area (Å²) in [5, 5.41) is 4.48. The van der Waals surface area contributed by atoms with E-state index < -0.39 is 0 Å². The quantitative estimate of drug-likeness (QED) is 0.800. The molecule has 2 nitrogen and oxygen atoms in total. The first-order chi connectivity index (χ1) is 9.62. The van der Waals surface area contributed by atoms with E-state index in [2.05, 4.69) is 37.4 Å². The minimum absolute atomic E-state index is 0.181. The second-order valence-corrected chi connectivity index (χ2v) is 6.70. The molecule has 0 spiro atoms. The maximum atomic E-state index is 6.18. The van der Waals surface area contributed by atoms with E-state index in [0.29, 0.717) is 0 Å². The van der Waals surface area contributed by atoms with Gasteiger partial charge in [-0.1, -0.05) is 37.6 Å². The highest BCUT2D eigenvalue weighted by Crippen LogP contribution is 2.35. The van der Waals surface area contributed by atoms with Gasteiger partial charge >= 0.3 is 0 Å². The standard InChI is InChI=1S/C17H26ClNO/c1-14(2)6-9-19-13-17(7-10-20-11-8-17)15-4-3-5-16(18)12-15/h3-5,12,14,19H,6-11,13H2,1-2H3. The average molecular weight is 296 g/mol. The number of hydrogen-bond donors (Lipinski definition) is 1. The SMILES string of the molecule is CC(C)CCNCC1(c2cccc(Cl)c2)CCOCC1. The Morgan fingerprint density at radius 2 is 2.05 bits per heavy atom. The average Bonchev–Trinajstić information content (AvgIpc) is 2.44. The summed E-state index contributed by atoms with van der Waals surface area (Å²) in [5.41, 5.74) is 1.53. The van der Waals surface area contributed by atoms with E-state index in [-0.39, 0.29) is 5.41 Å². The predicted octanol–water partition coefficient (Wildman–Crippen LogP) is 4.02. The Kier molecular flexibility index (Phi) is 5.88. The maximum absolute atomic E-state index is 6.18. The van der Waals surface area contributed by atoms with Gasteiger partial charge in [-0.05, 0) is 49.4 Å². The zero-order valence-electron chi connectivity index (χ0n) is 12.6. The van der Waals surface area contributed by atoms with Gasteiger partial charge in [0.15, 0.2) is 0 Å². The van der Waals surface area contributed by atoms with Gasteiger partial charge in [-0.2, -0.15) is 0 Å². The first kappa shape index (κ1) is 15.8. The fourth-order valence-electron chi connectivity index (χ4n) is 2.87. The lowest BCUT2D eigenvalue weighted by Gasteiger charge is -2.38. The van der Waals surface area contributed by atoms with Crippen LogP contribution >= 0.6 is 11.6 Å². The van der Waals surface area contributed by atoms with Crippen LogP contribution in [0.1, 0.15) is 38.7 Å². The lowest BCUT2D eigenvalue weighted by molar-refractivity contribution is 0.0498. The Morgan fingerprint density at radius 1 is 1.30 bits per heavy atom. The van der Waals surface area contributed by atoms with Crippen molar-refractivity contribution in [3.8, 4) is 0 Å². The number of nitrogens with one attached hydrogen (secondary N) is 1. The minimum atomic E-state index is 0.181. The maximum Gasteiger partial charge on any atom is 0.0475 e. The fourth-order valence-corrected chi connectivity index (χ4v) is 3.06. The zero-order chi connectivity index (χ0) is 14.4. The van der Waals surface area contributed by atoms with Gasteiger partial charge in [-0.25, -0.2) is 0 Å². The number of ether oxygens (including phenoxy) is 1. The highest BCUT2D eigenvalue weighted by molar-refractivity contribution is 6.30. The Balaban J connectivity index is 2.05. The van der Waals surface area contributed by atoms with E-state index in [1.54, 1.807) is 0 Å². The van der Waals surface area contributed by atoms with Crippen molar-refractivity contribution in [3.63, 3.8) is 0 Å². The predicted molar refractivity (Wildman–Crippen MR) is 85.5 cm³/mol. The summed E-state index contributed by atoms with van der Waals surface area (Å²) in [6.07, 6.45) is 3.37. The Morgan fingerprint density at radius 3 is 2.70 bits per heavy atom. The molecule has 1 fully saturated rings. The van der Waals surface area contributed by atoms with E-state index in [1.165, 1.54) is 12.0 Å². The molecule has 0 atom stereocenters. The van der Waals surface area contributed by atoms with Crippen molar-refractivity contribution in [2.45, 2.75) is 38.5 Å². The van der Waals surface area contributed by atoms with Crippen LogP contribution in [0.25, 0.3) is 0 Å². The van der Waals surface area contributed by atoms with Gasteiger partial charge in [0, 0.05) is 30.2 Å². The topological polar surface area (TPSA) is 21.3 Å². The van der Waals surface area contributed by atoms with Crippen molar-refractivity contribution in [2.75, 3.05) is 26.3 Å². The van der Waals surface area contributed by atoms with Gasteiger partial charge in [0.25, 0.3) is 0 Å².